The van der Waals surface area contributed by atoms with Crippen LogP contribution in [0.3, 0.4) is 0 Å². The minimum Gasteiger partial charge on any atom is -0.487 e. The Morgan fingerprint density at radius 2 is 1.67 bits per heavy atom. The van der Waals surface area contributed by atoms with Crippen molar-refractivity contribution in [2.75, 3.05) is 0 Å². The Bertz CT molecular complexity index is 457. The maximum absolute atomic E-state index is 10.8. The van der Waals surface area contributed by atoms with Crippen LogP contribution in [-0.2, 0) is 18.4 Å². The quantitative estimate of drug-likeness (QED) is 0.610. The lowest BCUT2D eigenvalue weighted by molar-refractivity contribution is -0.137. The maximum Gasteiger partial charge on any atom is 0.460 e. The normalized spacial score (nSPS) is 9.28. The Hall–Kier alpha value is -2.06. The highest BCUT2D eigenvalue weighted by atomic mass is 28.3. The molecule has 0 N–H and O–H groups in total. The number of rotatable bonds is 3. The third-order valence-corrected chi connectivity index (χ3v) is 3.60. The van der Waals surface area contributed by atoms with Gasteiger partial charge in [-0.2, -0.15) is 0 Å². The van der Waals surface area contributed by atoms with Gasteiger partial charge in [0.2, 0.25) is 0 Å². The largest absolute Gasteiger partial charge is 0.487 e. The molecular formula is C13H14O4Si. The molecule has 1 aromatic rings. The Morgan fingerprint density at radius 1 is 1.11 bits per heavy atom. The van der Waals surface area contributed by atoms with Gasteiger partial charge >= 0.3 is 9.28 Å². The smallest absolute Gasteiger partial charge is 0.460 e. The van der Waals surface area contributed by atoms with Gasteiger partial charge in [-0.3, -0.25) is 9.59 Å². The first kappa shape index (κ1) is 14.0. The maximum atomic E-state index is 10.8. The third-order valence-electron chi connectivity index (χ3n) is 1.87. The molecule has 0 aliphatic rings. The van der Waals surface area contributed by atoms with Gasteiger partial charge in [0.1, 0.15) is 0 Å². The molecule has 1 aromatic carbocycles. The number of hydrogen-bond donors (Lipinski definition) is 0. The molecule has 18 heavy (non-hydrogen) atoms. The number of hydrogen-bond acceptors (Lipinski definition) is 4. The molecule has 1 rings (SSSR count). The van der Waals surface area contributed by atoms with Crippen molar-refractivity contribution in [1.29, 1.82) is 0 Å². The predicted octanol–water partition coefficient (Wildman–Crippen LogP) is 1.38. The van der Waals surface area contributed by atoms with E-state index in [1.54, 1.807) is 0 Å². The summed E-state index contributed by atoms with van der Waals surface area (Å²) in [6.07, 6.45) is 0. The van der Waals surface area contributed by atoms with Crippen molar-refractivity contribution in [2.24, 2.45) is 0 Å². The van der Waals surface area contributed by atoms with Gasteiger partial charge in [-0.05, 0) is 12.1 Å². The van der Waals surface area contributed by atoms with E-state index in [1.165, 1.54) is 13.8 Å². The van der Waals surface area contributed by atoms with E-state index in [9.17, 15) is 9.59 Å². The molecular weight excluding hydrogens is 248 g/mol. The SMILES string of the molecule is CC(=O)O[SiH](CC#Cc1ccccc1)OC(C)=O. The summed E-state index contributed by atoms with van der Waals surface area (Å²) in [5.41, 5.74) is 0.871. The molecule has 0 saturated heterocycles. The van der Waals surface area contributed by atoms with Gasteiger partial charge in [0, 0.05) is 19.4 Å². The monoisotopic (exact) mass is 262 g/mol. The lowest BCUT2D eigenvalue weighted by Gasteiger charge is -2.11. The summed E-state index contributed by atoms with van der Waals surface area (Å²) in [5.74, 6) is 4.89. The molecule has 0 unspecified atom stereocenters. The van der Waals surface area contributed by atoms with Gasteiger partial charge in [0.05, 0.1) is 6.04 Å². The molecule has 0 radical (unpaired) electrons. The molecule has 0 aromatic heterocycles. The fraction of sp³-hybridized carbons (Fsp3) is 0.231. The van der Waals surface area contributed by atoms with E-state index in [4.69, 9.17) is 8.85 Å². The van der Waals surface area contributed by atoms with Crippen LogP contribution in [0.5, 0.6) is 0 Å². The molecule has 5 heteroatoms. The van der Waals surface area contributed by atoms with Crippen molar-refractivity contribution in [3.8, 4) is 11.8 Å². The van der Waals surface area contributed by atoms with E-state index in [2.05, 4.69) is 11.8 Å². The van der Waals surface area contributed by atoms with Gasteiger partial charge in [-0.25, -0.2) is 0 Å². The summed E-state index contributed by atoms with van der Waals surface area (Å²) >= 11 is 0. The number of benzene rings is 1. The van der Waals surface area contributed by atoms with Crippen LogP contribution in [0.1, 0.15) is 19.4 Å². The molecule has 0 fully saturated rings. The van der Waals surface area contributed by atoms with Crippen LogP contribution in [0.2, 0.25) is 6.04 Å². The highest BCUT2D eigenvalue weighted by Gasteiger charge is 2.18. The average Bonchev–Trinajstić information content (AvgIpc) is 2.28. The summed E-state index contributed by atoms with van der Waals surface area (Å²) in [6.45, 7) is 2.57. The van der Waals surface area contributed by atoms with Crippen molar-refractivity contribution in [1.82, 2.24) is 0 Å². The molecule has 0 saturated carbocycles. The predicted molar refractivity (Wildman–Crippen MR) is 68.8 cm³/mol. The van der Waals surface area contributed by atoms with Crippen LogP contribution < -0.4 is 0 Å². The van der Waals surface area contributed by atoms with Crippen LogP contribution in [0, 0.1) is 11.8 Å². The fourth-order valence-electron chi connectivity index (χ4n) is 1.24. The Balaban J connectivity index is 2.59. The van der Waals surface area contributed by atoms with E-state index >= 15 is 0 Å². The second-order valence-corrected chi connectivity index (χ2v) is 5.26. The first-order valence-corrected chi connectivity index (χ1v) is 7.22. The topological polar surface area (TPSA) is 52.6 Å². The molecule has 0 bridgehead atoms. The zero-order valence-corrected chi connectivity index (χ0v) is 11.5. The Labute approximate surface area is 108 Å². The van der Waals surface area contributed by atoms with Gasteiger partial charge in [0.25, 0.3) is 11.9 Å². The summed E-state index contributed by atoms with van der Waals surface area (Å²) in [4.78, 5) is 21.7. The van der Waals surface area contributed by atoms with Gasteiger partial charge in [-0.15, -0.1) is 0 Å². The molecule has 0 aliphatic carbocycles. The number of carbonyl (C=O) groups is 2. The molecule has 0 amide bonds. The van der Waals surface area contributed by atoms with E-state index in [0.29, 0.717) is 0 Å². The molecule has 0 atom stereocenters. The summed E-state index contributed by atoms with van der Waals surface area (Å²) in [5, 5.41) is 0. The van der Waals surface area contributed by atoms with E-state index in [1.807, 2.05) is 30.3 Å². The van der Waals surface area contributed by atoms with E-state index in [0.717, 1.165) is 5.56 Å². The molecule has 0 aliphatic heterocycles. The summed E-state index contributed by atoms with van der Waals surface area (Å²) in [7, 11) is -2.36. The highest BCUT2D eigenvalue weighted by molar-refractivity contribution is 6.49. The van der Waals surface area contributed by atoms with E-state index < -0.39 is 21.2 Å². The van der Waals surface area contributed by atoms with Crippen molar-refractivity contribution in [3.63, 3.8) is 0 Å². The van der Waals surface area contributed by atoms with E-state index in [-0.39, 0.29) is 6.04 Å². The van der Waals surface area contributed by atoms with Gasteiger partial charge in [0.15, 0.2) is 0 Å². The van der Waals surface area contributed by atoms with Gasteiger partial charge in [-0.1, -0.05) is 30.0 Å². The molecule has 0 spiro atoms. The van der Waals surface area contributed by atoms with Crippen LogP contribution in [-0.4, -0.2) is 21.2 Å². The highest BCUT2D eigenvalue weighted by Crippen LogP contribution is 2.00. The standard InChI is InChI=1S/C13H14O4Si/c1-11(14)16-18(17-12(2)15)10-6-9-13-7-4-3-5-8-13/h3-5,7-8,18H,10H2,1-2H3. The fourth-order valence-corrected chi connectivity index (χ4v) is 2.46. The Morgan fingerprint density at radius 3 is 2.17 bits per heavy atom. The van der Waals surface area contributed by atoms with Crippen molar-refractivity contribution in [3.05, 3.63) is 35.9 Å². The van der Waals surface area contributed by atoms with Crippen molar-refractivity contribution < 1.29 is 18.4 Å². The second kappa shape index (κ2) is 7.30. The van der Waals surface area contributed by atoms with Crippen LogP contribution >= 0.6 is 0 Å². The Kier molecular flexibility index (Phi) is 5.68. The molecule has 94 valence electrons. The lowest BCUT2D eigenvalue weighted by Crippen LogP contribution is -2.26. The first-order valence-electron chi connectivity index (χ1n) is 5.46. The van der Waals surface area contributed by atoms with Crippen LogP contribution in [0.15, 0.2) is 30.3 Å². The van der Waals surface area contributed by atoms with Crippen LogP contribution in [0.4, 0.5) is 0 Å². The summed E-state index contributed by atoms with van der Waals surface area (Å²) < 4.78 is 9.91. The zero-order valence-electron chi connectivity index (χ0n) is 10.3. The number of carbonyl (C=O) groups excluding carboxylic acids is 2. The lowest BCUT2D eigenvalue weighted by atomic mass is 10.2. The molecule has 0 heterocycles. The average molecular weight is 262 g/mol. The van der Waals surface area contributed by atoms with Crippen molar-refractivity contribution in [2.45, 2.75) is 19.9 Å². The minimum absolute atomic E-state index is 0.286. The van der Waals surface area contributed by atoms with Crippen LogP contribution in [0.25, 0.3) is 0 Å². The third kappa shape index (κ3) is 5.87. The van der Waals surface area contributed by atoms with Crippen molar-refractivity contribution >= 4 is 21.2 Å². The second-order valence-electron chi connectivity index (χ2n) is 3.52. The van der Waals surface area contributed by atoms with Gasteiger partial charge < -0.3 is 8.85 Å². The molecule has 4 nitrogen and oxygen atoms in total. The first-order chi connectivity index (χ1) is 8.58. The minimum atomic E-state index is -2.36. The zero-order chi connectivity index (χ0) is 13.4. The summed E-state index contributed by atoms with van der Waals surface area (Å²) in [6, 6.07) is 9.71.